The quantitative estimate of drug-likeness (QED) is 0.335. The molecule has 1 N–H and O–H groups in total. The Morgan fingerprint density at radius 2 is 1.75 bits per heavy atom. The van der Waals surface area contributed by atoms with Gasteiger partial charge in [-0.05, 0) is 19.1 Å². The Balaban J connectivity index is 1.59. The number of carbonyl (C=O) groups is 2. The third-order valence-electron chi connectivity index (χ3n) is 4.79. The van der Waals surface area contributed by atoms with Crippen molar-refractivity contribution in [3.05, 3.63) is 57.0 Å². The standard InChI is InChI=1S/C19H21N5O7S/c1-12(25)13-4-6-14(7-5-13)32(29,30)21-10-15(26)31-9-8-24-11-20-17-16(24)18(27)23(3)19(28)22(17)2/h4-7,11,21H,8-10H2,1-3H3. The van der Waals surface area contributed by atoms with Gasteiger partial charge in [0.2, 0.25) is 10.0 Å². The molecular formula is C19H21N5O7S. The number of aryl methyl sites for hydroxylation is 1. The van der Waals surface area contributed by atoms with E-state index in [2.05, 4.69) is 9.71 Å². The minimum atomic E-state index is -3.97. The molecule has 0 bridgehead atoms. The highest BCUT2D eigenvalue weighted by atomic mass is 32.2. The predicted molar refractivity (Wildman–Crippen MR) is 113 cm³/mol. The van der Waals surface area contributed by atoms with E-state index in [4.69, 9.17) is 4.74 Å². The number of sulfonamides is 1. The summed E-state index contributed by atoms with van der Waals surface area (Å²) in [5.41, 5.74) is -0.295. The minimum absolute atomic E-state index is 0.0783. The van der Waals surface area contributed by atoms with Crippen LogP contribution in [0.5, 0.6) is 0 Å². The minimum Gasteiger partial charge on any atom is -0.463 e. The second-order valence-corrected chi connectivity index (χ2v) is 8.71. The van der Waals surface area contributed by atoms with Crippen molar-refractivity contribution in [1.29, 1.82) is 0 Å². The van der Waals surface area contributed by atoms with Gasteiger partial charge < -0.3 is 9.30 Å². The van der Waals surface area contributed by atoms with Crippen molar-refractivity contribution in [3.63, 3.8) is 0 Å². The molecule has 0 saturated heterocycles. The number of hydrogen-bond donors (Lipinski definition) is 1. The van der Waals surface area contributed by atoms with Gasteiger partial charge in [-0.15, -0.1) is 0 Å². The molecule has 0 radical (unpaired) electrons. The lowest BCUT2D eigenvalue weighted by atomic mass is 10.2. The molecular weight excluding hydrogens is 442 g/mol. The zero-order chi connectivity index (χ0) is 23.6. The number of ketones is 1. The molecule has 170 valence electrons. The van der Waals surface area contributed by atoms with E-state index < -0.39 is 33.8 Å². The van der Waals surface area contributed by atoms with Crippen LogP contribution in [0.15, 0.2) is 45.1 Å². The van der Waals surface area contributed by atoms with Crippen LogP contribution < -0.4 is 16.0 Å². The Bertz CT molecular complexity index is 1420. The van der Waals surface area contributed by atoms with E-state index >= 15 is 0 Å². The first-order valence-corrected chi connectivity index (χ1v) is 10.9. The summed E-state index contributed by atoms with van der Waals surface area (Å²) in [6.45, 7) is 0.696. The Morgan fingerprint density at radius 1 is 1.09 bits per heavy atom. The summed E-state index contributed by atoms with van der Waals surface area (Å²) >= 11 is 0. The van der Waals surface area contributed by atoms with E-state index in [1.807, 2.05) is 0 Å². The molecule has 0 aliphatic rings. The van der Waals surface area contributed by atoms with E-state index in [0.717, 1.165) is 4.57 Å². The molecule has 0 atom stereocenters. The SMILES string of the molecule is CC(=O)c1ccc(S(=O)(=O)NCC(=O)OCCn2cnc3c2c(=O)n(C)c(=O)n3C)cc1. The van der Waals surface area contributed by atoms with Crippen LogP contribution in [0.3, 0.4) is 0 Å². The van der Waals surface area contributed by atoms with Gasteiger partial charge >= 0.3 is 11.7 Å². The number of carbonyl (C=O) groups excluding carboxylic acids is 2. The van der Waals surface area contributed by atoms with Crippen LogP contribution in [-0.2, 0) is 40.2 Å². The molecule has 3 aromatic rings. The molecule has 0 aliphatic carbocycles. The van der Waals surface area contributed by atoms with Crippen molar-refractivity contribution >= 4 is 32.9 Å². The van der Waals surface area contributed by atoms with Crippen LogP contribution in [-0.4, -0.2) is 52.0 Å². The van der Waals surface area contributed by atoms with Crippen molar-refractivity contribution in [2.75, 3.05) is 13.2 Å². The fourth-order valence-electron chi connectivity index (χ4n) is 2.98. The molecule has 0 aliphatic heterocycles. The monoisotopic (exact) mass is 463 g/mol. The van der Waals surface area contributed by atoms with E-state index in [1.54, 1.807) is 0 Å². The molecule has 12 nitrogen and oxygen atoms in total. The van der Waals surface area contributed by atoms with Crippen LogP contribution >= 0.6 is 0 Å². The summed E-state index contributed by atoms with van der Waals surface area (Å²) in [4.78, 5) is 51.5. The third kappa shape index (κ3) is 4.53. The first-order valence-electron chi connectivity index (χ1n) is 9.40. The number of imidazole rings is 1. The molecule has 1 aromatic carbocycles. The van der Waals surface area contributed by atoms with Gasteiger partial charge in [-0.3, -0.25) is 23.5 Å². The van der Waals surface area contributed by atoms with Crippen LogP contribution in [0, 0.1) is 0 Å². The van der Waals surface area contributed by atoms with Crippen molar-refractivity contribution in [2.24, 2.45) is 14.1 Å². The maximum Gasteiger partial charge on any atom is 0.332 e. The molecule has 2 aromatic heterocycles. The van der Waals surface area contributed by atoms with Crippen LogP contribution in [0.4, 0.5) is 0 Å². The fourth-order valence-corrected chi connectivity index (χ4v) is 3.95. The highest BCUT2D eigenvalue weighted by molar-refractivity contribution is 7.89. The number of hydrogen-bond acceptors (Lipinski definition) is 8. The number of Topliss-reactive ketones (excluding diaryl/α,β-unsaturated/α-hetero) is 1. The Labute approximate surface area is 182 Å². The van der Waals surface area contributed by atoms with Gasteiger partial charge in [0.1, 0.15) is 13.2 Å². The van der Waals surface area contributed by atoms with Gasteiger partial charge in [-0.25, -0.2) is 18.2 Å². The largest absolute Gasteiger partial charge is 0.463 e. The molecule has 0 unspecified atom stereocenters. The topological polar surface area (TPSA) is 151 Å². The molecule has 0 amide bonds. The van der Waals surface area contributed by atoms with Gasteiger partial charge in [0.15, 0.2) is 16.9 Å². The van der Waals surface area contributed by atoms with Gasteiger partial charge in [-0.2, -0.15) is 4.72 Å². The first-order chi connectivity index (χ1) is 15.0. The molecule has 2 heterocycles. The van der Waals surface area contributed by atoms with Crippen molar-refractivity contribution in [3.8, 4) is 0 Å². The third-order valence-corrected chi connectivity index (χ3v) is 6.21. The maximum absolute atomic E-state index is 12.4. The van der Waals surface area contributed by atoms with Crippen molar-refractivity contribution in [1.82, 2.24) is 23.4 Å². The average molecular weight is 463 g/mol. The zero-order valence-electron chi connectivity index (χ0n) is 17.6. The second kappa shape index (κ2) is 8.88. The van der Waals surface area contributed by atoms with E-state index in [9.17, 15) is 27.6 Å². The summed E-state index contributed by atoms with van der Waals surface area (Å²) in [6.07, 6.45) is 1.35. The number of benzene rings is 1. The van der Waals surface area contributed by atoms with E-state index in [-0.39, 0.29) is 35.0 Å². The number of nitrogens with one attached hydrogen (secondary N) is 1. The summed E-state index contributed by atoms with van der Waals surface area (Å²) in [5, 5.41) is 0. The summed E-state index contributed by atoms with van der Waals surface area (Å²) in [5.74, 6) is -1.02. The molecule has 0 saturated carbocycles. The first kappa shape index (κ1) is 23.1. The number of fused-ring (bicyclic) bond motifs is 1. The lowest BCUT2D eigenvalue weighted by Gasteiger charge is -2.09. The molecule has 32 heavy (non-hydrogen) atoms. The molecule has 0 fully saturated rings. The number of esters is 1. The smallest absolute Gasteiger partial charge is 0.332 e. The number of nitrogens with zero attached hydrogens (tertiary/aromatic N) is 4. The Morgan fingerprint density at radius 3 is 2.38 bits per heavy atom. The van der Waals surface area contributed by atoms with Gasteiger partial charge in [0.25, 0.3) is 5.56 Å². The lowest BCUT2D eigenvalue weighted by molar-refractivity contribution is -0.142. The normalized spacial score (nSPS) is 11.6. The van der Waals surface area contributed by atoms with Crippen LogP contribution in [0.25, 0.3) is 11.2 Å². The molecule has 0 spiro atoms. The molecule has 3 rings (SSSR count). The predicted octanol–water partition coefficient (Wildman–Crippen LogP) is -0.842. The summed E-state index contributed by atoms with van der Waals surface area (Å²) < 4.78 is 35.3. The van der Waals surface area contributed by atoms with Crippen molar-refractivity contribution < 1.29 is 22.7 Å². The highest BCUT2D eigenvalue weighted by Gasteiger charge is 2.17. The maximum atomic E-state index is 12.4. The average Bonchev–Trinajstić information content (AvgIpc) is 3.19. The van der Waals surface area contributed by atoms with Crippen LogP contribution in [0.2, 0.25) is 0 Å². The zero-order valence-corrected chi connectivity index (χ0v) is 18.4. The number of aromatic nitrogens is 4. The van der Waals surface area contributed by atoms with E-state index in [0.29, 0.717) is 5.56 Å². The number of ether oxygens (including phenoxy) is 1. The Hall–Kier alpha value is -3.58. The second-order valence-electron chi connectivity index (χ2n) is 6.94. The van der Waals surface area contributed by atoms with E-state index in [1.165, 1.54) is 60.7 Å². The van der Waals surface area contributed by atoms with Gasteiger partial charge in [0.05, 0.1) is 17.8 Å². The van der Waals surface area contributed by atoms with Crippen LogP contribution in [0.1, 0.15) is 17.3 Å². The van der Waals surface area contributed by atoms with Gasteiger partial charge in [0, 0.05) is 19.7 Å². The lowest BCUT2D eigenvalue weighted by Crippen LogP contribution is -2.37. The summed E-state index contributed by atoms with van der Waals surface area (Å²) in [6, 6.07) is 5.29. The molecule has 13 heteroatoms. The van der Waals surface area contributed by atoms with Crippen molar-refractivity contribution in [2.45, 2.75) is 18.4 Å². The fraction of sp³-hybridized carbons (Fsp3) is 0.316. The Kier molecular flexibility index (Phi) is 6.41. The van der Waals surface area contributed by atoms with Gasteiger partial charge in [-0.1, -0.05) is 12.1 Å². The number of rotatable bonds is 8. The highest BCUT2D eigenvalue weighted by Crippen LogP contribution is 2.11. The summed E-state index contributed by atoms with van der Waals surface area (Å²) in [7, 11) is -1.13.